The fraction of sp³-hybridized carbons (Fsp3) is 0.364. The van der Waals surface area contributed by atoms with Gasteiger partial charge in [-0.2, -0.15) is 0 Å². The smallest absolute Gasteiger partial charge is 0.113 e. The number of aliphatic hydroxyl groups is 1. The van der Waals surface area contributed by atoms with Crippen LogP contribution in [0, 0.1) is 5.92 Å². The Labute approximate surface area is 159 Å². The molecule has 0 amide bonds. The third kappa shape index (κ3) is 3.17. The van der Waals surface area contributed by atoms with Crippen LogP contribution in [-0.2, 0) is 6.61 Å². The van der Waals surface area contributed by atoms with Crippen molar-refractivity contribution in [3.63, 3.8) is 0 Å². The van der Waals surface area contributed by atoms with Crippen LogP contribution in [-0.4, -0.2) is 44.6 Å². The second-order valence-corrected chi connectivity index (χ2v) is 7.73. The number of rotatable bonds is 4. The topological polar surface area (TPSA) is 54.2 Å². The van der Waals surface area contributed by atoms with Gasteiger partial charge in [0.15, 0.2) is 0 Å². The van der Waals surface area contributed by atoms with Gasteiger partial charge < -0.3 is 10.0 Å². The molecule has 27 heavy (non-hydrogen) atoms. The van der Waals surface area contributed by atoms with E-state index in [-0.39, 0.29) is 6.61 Å². The number of hydrogen-bond donors (Lipinski definition) is 1. The number of piperidine rings is 3. The highest BCUT2D eigenvalue weighted by atomic mass is 16.3. The van der Waals surface area contributed by atoms with E-state index >= 15 is 0 Å². The van der Waals surface area contributed by atoms with Crippen LogP contribution in [0.2, 0.25) is 0 Å². The summed E-state index contributed by atoms with van der Waals surface area (Å²) in [5.74, 6) is 0.741. The van der Waals surface area contributed by atoms with Crippen molar-refractivity contribution in [2.75, 3.05) is 19.6 Å². The molecule has 0 spiro atoms. The van der Waals surface area contributed by atoms with Gasteiger partial charge >= 0.3 is 0 Å². The van der Waals surface area contributed by atoms with E-state index in [9.17, 15) is 5.11 Å². The first-order chi connectivity index (χ1) is 13.3. The van der Waals surface area contributed by atoms with Crippen LogP contribution in [0.25, 0.3) is 22.4 Å². The molecule has 1 N–H and O–H groups in total. The Morgan fingerprint density at radius 1 is 0.963 bits per heavy atom. The van der Waals surface area contributed by atoms with Crippen molar-refractivity contribution >= 4 is 0 Å². The van der Waals surface area contributed by atoms with E-state index in [1.807, 2.05) is 18.2 Å². The van der Waals surface area contributed by atoms with Gasteiger partial charge in [-0.05, 0) is 54.6 Å². The molecule has 4 heterocycles. The molecule has 3 aliphatic heterocycles. The van der Waals surface area contributed by atoms with Gasteiger partial charge in [0.05, 0.1) is 18.8 Å². The molecule has 0 aliphatic carbocycles. The van der Waals surface area contributed by atoms with E-state index < -0.39 is 0 Å². The number of aromatic nitrogens is 3. The van der Waals surface area contributed by atoms with Crippen molar-refractivity contribution in [1.29, 1.82) is 0 Å². The first-order valence-corrected chi connectivity index (χ1v) is 9.75. The van der Waals surface area contributed by atoms with Gasteiger partial charge in [-0.3, -0.25) is 0 Å². The Bertz CT molecular complexity index is 925. The van der Waals surface area contributed by atoms with Crippen LogP contribution in [0.15, 0.2) is 54.7 Å². The molecule has 3 aliphatic rings. The van der Waals surface area contributed by atoms with Crippen LogP contribution in [0.1, 0.15) is 24.4 Å². The van der Waals surface area contributed by atoms with E-state index in [0.717, 1.165) is 40.4 Å². The zero-order chi connectivity index (χ0) is 18.2. The van der Waals surface area contributed by atoms with Gasteiger partial charge in [-0.25, -0.2) is 4.68 Å². The molecular formula is C22H24N4O. The maximum atomic E-state index is 9.33. The lowest BCUT2D eigenvalue weighted by Crippen LogP contribution is -2.48. The predicted octanol–water partition coefficient (Wildman–Crippen LogP) is 3.37. The summed E-state index contributed by atoms with van der Waals surface area (Å²) in [6.45, 7) is 3.64. The van der Waals surface area contributed by atoms with Crippen molar-refractivity contribution in [2.45, 2.75) is 25.5 Å². The average molecular weight is 360 g/mol. The van der Waals surface area contributed by atoms with Crippen LogP contribution < -0.4 is 0 Å². The fourth-order valence-corrected chi connectivity index (χ4v) is 4.49. The number of aliphatic hydroxyl groups excluding tert-OH is 1. The van der Waals surface area contributed by atoms with E-state index in [4.69, 9.17) is 0 Å². The molecule has 5 heteroatoms. The molecule has 1 aromatic heterocycles. The first-order valence-electron chi connectivity index (χ1n) is 9.75. The summed E-state index contributed by atoms with van der Waals surface area (Å²) in [7, 11) is 0. The van der Waals surface area contributed by atoms with Crippen molar-refractivity contribution in [3.8, 4) is 22.4 Å². The van der Waals surface area contributed by atoms with Crippen LogP contribution in [0.4, 0.5) is 0 Å². The summed E-state index contributed by atoms with van der Waals surface area (Å²) < 4.78 is 2.09. The molecule has 0 radical (unpaired) electrons. The normalized spacial score (nSPS) is 24.3. The summed E-state index contributed by atoms with van der Waals surface area (Å²) in [5, 5.41) is 18.2. The van der Waals surface area contributed by atoms with Gasteiger partial charge in [0.25, 0.3) is 0 Å². The molecule has 6 rings (SSSR count). The highest BCUT2D eigenvalue weighted by Crippen LogP contribution is 2.35. The predicted molar refractivity (Wildman–Crippen MR) is 105 cm³/mol. The summed E-state index contributed by atoms with van der Waals surface area (Å²) in [6.07, 6.45) is 4.66. The lowest BCUT2D eigenvalue weighted by molar-refractivity contribution is 0.0504. The number of nitrogens with zero attached hydrogens (tertiary/aromatic N) is 4. The number of fused-ring (bicyclic) bond motifs is 3. The quantitative estimate of drug-likeness (QED) is 0.775. The number of hydrogen-bond acceptors (Lipinski definition) is 4. The molecule has 0 saturated carbocycles. The Kier molecular flexibility index (Phi) is 4.26. The molecule has 3 saturated heterocycles. The van der Waals surface area contributed by atoms with Gasteiger partial charge in [-0.1, -0.05) is 47.7 Å². The molecular weight excluding hydrogens is 336 g/mol. The molecule has 0 unspecified atom stereocenters. The van der Waals surface area contributed by atoms with E-state index in [1.165, 1.54) is 25.9 Å². The van der Waals surface area contributed by atoms with E-state index in [2.05, 4.69) is 56.4 Å². The second kappa shape index (κ2) is 6.91. The summed E-state index contributed by atoms with van der Waals surface area (Å²) in [5.41, 5.74) is 5.20. The zero-order valence-electron chi connectivity index (χ0n) is 15.3. The summed E-state index contributed by atoms with van der Waals surface area (Å²) in [6, 6.07) is 16.9. The average Bonchev–Trinajstić information content (AvgIpc) is 3.25. The monoisotopic (exact) mass is 360 g/mol. The largest absolute Gasteiger partial charge is 0.392 e. The zero-order valence-corrected chi connectivity index (χ0v) is 15.3. The van der Waals surface area contributed by atoms with Gasteiger partial charge in [0.1, 0.15) is 5.69 Å². The van der Waals surface area contributed by atoms with Crippen molar-refractivity contribution in [1.82, 2.24) is 19.9 Å². The lowest BCUT2D eigenvalue weighted by Gasteiger charge is -2.44. The van der Waals surface area contributed by atoms with Gasteiger partial charge in [-0.15, -0.1) is 5.10 Å². The van der Waals surface area contributed by atoms with Crippen molar-refractivity contribution in [3.05, 3.63) is 60.3 Å². The van der Waals surface area contributed by atoms with Gasteiger partial charge in [0, 0.05) is 12.1 Å². The highest BCUT2D eigenvalue weighted by Gasteiger charge is 2.35. The molecule has 1 atom stereocenters. The Balaban J connectivity index is 1.37. The molecule has 3 aromatic rings. The first kappa shape index (κ1) is 16.7. The maximum Gasteiger partial charge on any atom is 0.113 e. The van der Waals surface area contributed by atoms with E-state index in [0.29, 0.717) is 6.04 Å². The molecule has 5 nitrogen and oxygen atoms in total. The molecule has 3 fully saturated rings. The minimum Gasteiger partial charge on any atom is -0.392 e. The summed E-state index contributed by atoms with van der Waals surface area (Å²) in [4.78, 5) is 2.54. The fourth-order valence-electron chi connectivity index (χ4n) is 4.49. The SMILES string of the molecule is OCc1cccc(-c2ccc(-c3cn([C@H]4CN5CCC4CC5)nn3)cc2)c1. The van der Waals surface area contributed by atoms with Crippen LogP contribution in [0.5, 0.6) is 0 Å². The minimum atomic E-state index is 0.0641. The number of benzene rings is 2. The molecule has 138 valence electrons. The Morgan fingerprint density at radius 3 is 2.44 bits per heavy atom. The van der Waals surface area contributed by atoms with Crippen molar-refractivity contribution in [2.24, 2.45) is 5.92 Å². The third-order valence-corrected chi connectivity index (χ3v) is 6.10. The Morgan fingerprint density at radius 2 is 1.74 bits per heavy atom. The van der Waals surface area contributed by atoms with Gasteiger partial charge in [0.2, 0.25) is 0 Å². The minimum absolute atomic E-state index is 0.0641. The molecule has 2 aromatic carbocycles. The summed E-state index contributed by atoms with van der Waals surface area (Å²) >= 11 is 0. The third-order valence-electron chi connectivity index (χ3n) is 6.10. The standard InChI is InChI=1S/C22H24N4O/c27-15-16-2-1-3-20(12-16)17-4-6-18(7-5-17)21-13-26(24-23-21)22-14-25-10-8-19(22)9-11-25/h1-7,12-13,19,22,27H,8-11,14-15H2/t22-/m0/s1. The highest BCUT2D eigenvalue weighted by molar-refractivity contribution is 5.68. The van der Waals surface area contributed by atoms with Crippen LogP contribution in [0.3, 0.4) is 0 Å². The second-order valence-electron chi connectivity index (χ2n) is 7.73. The molecule has 2 bridgehead atoms. The maximum absolute atomic E-state index is 9.33. The van der Waals surface area contributed by atoms with E-state index in [1.54, 1.807) is 0 Å². The van der Waals surface area contributed by atoms with Crippen LogP contribution >= 0.6 is 0 Å². The van der Waals surface area contributed by atoms with Crippen molar-refractivity contribution < 1.29 is 5.11 Å². The lowest BCUT2D eigenvalue weighted by atomic mass is 9.84. The Hall–Kier alpha value is -2.50.